The smallest absolute Gasteiger partial charge is 0.305 e. The van der Waals surface area contributed by atoms with Crippen LogP contribution in [0.15, 0.2) is 52.5 Å². The van der Waals surface area contributed by atoms with Gasteiger partial charge in [0.05, 0.1) is 23.4 Å². The number of thiazole rings is 1. The Labute approximate surface area is 146 Å². The Kier molecular flexibility index (Phi) is 4.93. The van der Waals surface area contributed by atoms with Crippen LogP contribution in [0.5, 0.6) is 0 Å². The average Bonchev–Trinajstić information content (AvgIpc) is 3.25. The van der Waals surface area contributed by atoms with Crippen molar-refractivity contribution in [2.75, 3.05) is 0 Å². The van der Waals surface area contributed by atoms with Gasteiger partial charge in [0.2, 0.25) is 5.91 Å². The Balaban J connectivity index is 1.58. The highest BCUT2D eigenvalue weighted by molar-refractivity contribution is 7.13. The van der Waals surface area contributed by atoms with Crippen molar-refractivity contribution in [1.82, 2.24) is 15.8 Å². The molecule has 122 valence electrons. The van der Waals surface area contributed by atoms with Crippen LogP contribution in [0.3, 0.4) is 0 Å². The number of nitrogens with zero attached hydrogens (tertiary/aromatic N) is 1. The van der Waals surface area contributed by atoms with Crippen molar-refractivity contribution < 1.29 is 14.0 Å². The Morgan fingerprint density at radius 3 is 2.75 bits per heavy atom. The van der Waals surface area contributed by atoms with Crippen LogP contribution in [-0.4, -0.2) is 16.8 Å². The maximum atomic E-state index is 11.9. The number of aromatic nitrogens is 1. The molecule has 0 aliphatic rings. The van der Waals surface area contributed by atoms with E-state index in [9.17, 15) is 9.59 Å². The lowest BCUT2D eigenvalue weighted by Gasteiger charge is -2.04. The zero-order chi connectivity index (χ0) is 16.9. The zero-order valence-corrected chi connectivity index (χ0v) is 13.9. The molecular weight excluding hydrogens is 350 g/mol. The number of halogens is 1. The van der Waals surface area contributed by atoms with Crippen molar-refractivity contribution in [3.05, 3.63) is 64.5 Å². The number of furan rings is 1. The first-order valence-corrected chi connectivity index (χ1v) is 8.21. The number of amides is 2. The summed E-state index contributed by atoms with van der Waals surface area (Å²) >= 11 is 7.54. The van der Waals surface area contributed by atoms with E-state index in [2.05, 4.69) is 15.8 Å². The summed E-state index contributed by atoms with van der Waals surface area (Å²) in [7, 11) is 0. The fourth-order valence-corrected chi connectivity index (χ4v) is 3.09. The summed E-state index contributed by atoms with van der Waals surface area (Å²) in [6, 6.07) is 10.5. The summed E-state index contributed by atoms with van der Waals surface area (Å²) in [5.41, 5.74) is 6.01. The molecule has 2 aromatic heterocycles. The minimum atomic E-state index is -0.525. The predicted octanol–water partition coefficient (Wildman–Crippen LogP) is 3.06. The van der Waals surface area contributed by atoms with E-state index in [1.165, 1.54) is 23.7 Å². The van der Waals surface area contributed by atoms with Crippen molar-refractivity contribution in [3.8, 4) is 10.6 Å². The van der Waals surface area contributed by atoms with Gasteiger partial charge in [-0.1, -0.05) is 29.8 Å². The number of hydrogen-bond acceptors (Lipinski definition) is 5. The van der Waals surface area contributed by atoms with Crippen molar-refractivity contribution in [1.29, 1.82) is 0 Å². The van der Waals surface area contributed by atoms with Crippen LogP contribution in [0, 0.1) is 0 Å². The topological polar surface area (TPSA) is 84.2 Å². The van der Waals surface area contributed by atoms with Gasteiger partial charge in [-0.2, -0.15) is 0 Å². The minimum absolute atomic E-state index is 0.0411. The second-order valence-electron chi connectivity index (χ2n) is 4.78. The van der Waals surface area contributed by atoms with E-state index in [4.69, 9.17) is 16.0 Å². The van der Waals surface area contributed by atoms with Crippen molar-refractivity contribution in [2.24, 2.45) is 0 Å². The van der Waals surface area contributed by atoms with Gasteiger partial charge in [0.1, 0.15) is 5.01 Å². The minimum Gasteiger partial charge on any atom is -0.459 e. The number of hydrogen-bond donors (Lipinski definition) is 2. The molecule has 0 bridgehead atoms. The molecule has 0 spiro atoms. The summed E-state index contributed by atoms with van der Waals surface area (Å²) < 4.78 is 4.92. The molecule has 0 saturated carbocycles. The van der Waals surface area contributed by atoms with Crippen LogP contribution in [0.4, 0.5) is 0 Å². The molecular formula is C16H12ClN3O3S. The summed E-state index contributed by atoms with van der Waals surface area (Å²) in [5.74, 6) is -0.792. The van der Waals surface area contributed by atoms with Gasteiger partial charge >= 0.3 is 5.91 Å². The molecule has 0 aliphatic carbocycles. The quantitative estimate of drug-likeness (QED) is 0.699. The van der Waals surface area contributed by atoms with E-state index in [0.717, 1.165) is 10.6 Å². The van der Waals surface area contributed by atoms with Gasteiger partial charge in [-0.3, -0.25) is 20.4 Å². The third kappa shape index (κ3) is 3.81. The van der Waals surface area contributed by atoms with E-state index < -0.39 is 5.91 Å². The molecule has 3 aromatic rings. The molecule has 6 nitrogen and oxygen atoms in total. The fourth-order valence-electron chi connectivity index (χ4n) is 1.95. The molecule has 24 heavy (non-hydrogen) atoms. The SMILES string of the molecule is O=C(Cc1csc(-c2ccccc2Cl)n1)NNC(=O)c1ccco1. The van der Waals surface area contributed by atoms with Crippen molar-refractivity contribution >= 4 is 34.8 Å². The van der Waals surface area contributed by atoms with Crippen molar-refractivity contribution in [3.63, 3.8) is 0 Å². The predicted molar refractivity (Wildman–Crippen MR) is 90.6 cm³/mol. The lowest BCUT2D eigenvalue weighted by molar-refractivity contribution is -0.121. The summed E-state index contributed by atoms with van der Waals surface area (Å²) in [5, 5.41) is 3.13. The van der Waals surface area contributed by atoms with Crippen LogP contribution < -0.4 is 10.9 Å². The van der Waals surface area contributed by atoms with Gasteiger partial charge in [-0.25, -0.2) is 4.98 Å². The third-order valence-electron chi connectivity index (χ3n) is 3.06. The summed E-state index contributed by atoms with van der Waals surface area (Å²) in [6.45, 7) is 0. The molecule has 2 amide bonds. The summed E-state index contributed by atoms with van der Waals surface area (Å²) in [4.78, 5) is 27.9. The molecule has 2 heterocycles. The molecule has 0 fully saturated rings. The molecule has 0 saturated heterocycles. The maximum absolute atomic E-state index is 11.9. The molecule has 3 rings (SSSR count). The van der Waals surface area contributed by atoms with Gasteiger partial charge in [0.25, 0.3) is 0 Å². The number of carbonyl (C=O) groups excluding carboxylic acids is 2. The summed E-state index contributed by atoms with van der Waals surface area (Å²) in [6.07, 6.45) is 1.42. The Bertz CT molecular complexity index is 861. The first kappa shape index (κ1) is 16.2. The van der Waals surface area contributed by atoms with Gasteiger partial charge in [-0.05, 0) is 18.2 Å². The van der Waals surface area contributed by atoms with E-state index in [1.54, 1.807) is 17.5 Å². The molecule has 0 aliphatic heterocycles. The van der Waals surface area contributed by atoms with Gasteiger partial charge in [-0.15, -0.1) is 11.3 Å². The van der Waals surface area contributed by atoms with E-state index >= 15 is 0 Å². The zero-order valence-electron chi connectivity index (χ0n) is 12.3. The van der Waals surface area contributed by atoms with Gasteiger partial charge < -0.3 is 4.42 Å². The lowest BCUT2D eigenvalue weighted by atomic mass is 10.2. The normalized spacial score (nSPS) is 10.4. The number of hydrazine groups is 1. The van der Waals surface area contributed by atoms with Gasteiger partial charge in [0.15, 0.2) is 5.76 Å². The van der Waals surface area contributed by atoms with Crippen LogP contribution in [-0.2, 0) is 11.2 Å². The molecule has 8 heteroatoms. The molecule has 0 atom stereocenters. The Morgan fingerprint density at radius 1 is 1.17 bits per heavy atom. The fraction of sp³-hybridized carbons (Fsp3) is 0.0625. The average molecular weight is 362 g/mol. The Morgan fingerprint density at radius 2 is 2.00 bits per heavy atom. The van der Waals surface area contributed by atoms with E-state index in [-0.39, 0.29) is 18.1 Å². The largest absolute Gasteiger partial charge is 0.459 e. The van der Waals surface area contributed by atoms with Crippen molar-refractivity contribution in [2.45, 2.75) is 6.42 Å². The number of carbonyl (C=O) groups is 2. The monoisotopic (exact) mass is 361 g/mol. The number of rotatable bonds is 4. The molecule has 1 aromatic carbocycles. The third-order valence-corrected chi connectivity index (χ3v) is 4.31. The van der Waals surface area contributed by atoms with Crippen LogP contribution in [0.1, 0.15) is 16.2 Å². The van der Waals surface area contributed by atoms with Gasteiger partial charge in [0, 0.05) is 10.9 Å². The molecule has 2 N–H and O–H groups in total. The van der Waals surface area contributed by atoms with Crippen LogP contribution in [0.25, 0.3) is 10.6 Å². The number of benzene rings is 1. The standard InChI is InChI=1S/C16H12ClN3O3S/c17-12-5-2-1-4-11(12)16-18-10(9-24-16)8-14(21)19-20-15(22)13-6-3-7-23-13/h1-7,9H,8H2,(H,19,21)(H,20,22). The van der Waals surface area contributed by atoms with E-state index in [0.29, 0.717) is 10.7 Å². The highest BCUT2D eigenvalue weighted by Crippen LogP contribution is 2.30. The highest BCUT2D eigenvalue weighted by Gasteiger charge is 2.13. The number of nitrogens with one attached hydrogen (secondary N) is 2. The second-order valence-corrected chi connectivity index (χ2v) is 6.05. The highest BCUT2D eigenvalue weighted by atomic mass is 35.5. The first-order valence-electron chi connectivity index (χ1n) is 6.95. The second kappa shape index (κ2) is 7.29. The van der Waals surface area contributed by atoms with E-state index in [1.807, 2.05) is 18.2 Å². The maximum Gasteiger partial charge on any atom is 0.305 e. The van der Waals surface area contributed by atoms with Crippen LogP contribution in [0.2, 0.25) is 5.02 Å². The van der Waals surface area contributed by atoms with Crippen LogP contribution >= 0.6 is 22.9 Å². The molecule has 0 unspecified atom stereocenters. The lowest BCUT2D eigenvalue weighted by Crippen LogP contribution is -2.42. The molecule has 0 radical (unpaired) electrons. The first-order chi connectivity index (χ1) is 11.6. The Hall–Kier alpha value is -2.64.